The lowest BCUT2D eigenvalue weighted by molar-refractivity contribution is -0.160. The molecule has 41 heavy (non-hydrogen) atoms. The molecule has 1 atom stereocenters. The second-order valence-corrected chi connectivity index (χ2v) is 12.9. The number of aliphatic carboxylic acids is 1. The number of sulfonamides is 1. The molecular weight excluding hydrogens is 550 g/mol. The van der Waals surface area contributed by atoms with Gasteiger partial charge in [0.05, 0.1) is 29.6 Å². The number of allylic oxidation sites excluding steroid dienone is 2. The Morgan fingerprint density at radius 1 is 1.07 bits per heavy atom. The number of carboxylic acids is 1. The fraction of sp³-hybridized carbons (Fsp3) is 0.290. The van der Waals surface area contributed by atoms with Crippen molar-refractivity contribution in [3.63, 3.8) is 0 Å². The van der Waals surface area contributed by atoms with Gasteiger partial charge in [0.25, 0.3) is 0 Å². The van der Waals surface area contributed by atoms with E-state index in [4.69, 9.17) is 4.74 Å². The summed E-state index contributed by atoms with van der Waals surface area (Å²) in [6.07, 6.45) is 0.993. The van der Waals surface area contributed by atoms with E-state index >= 15 is 4.39 Å². The fourth-order valence-electron chi connectivity index (χ4n) is 5.45. The quantitative estimate of drug-likeness (QED) is 0.324. The summed E-state index contributed by atoms with van der Waals surface area (Å²) in [5.41, 5.74) is 0.822. The molecule has 2 aromatic carbocycles. The lowest BCUT2D eigenvalue weighted by Gasteiger charge is -2.37. The van der Waals surface area contributed by atoms with E-state index in [9.17, 15) is 22.7 Å². The minimum absolute atomic E-state index is 0.0273. The van der Waals surface area contributed by atoms with E-state index in [0.29, 0.717) is 22.2 Å². The molecule has 0 radical (unpaired) electrons. The molecule has 216 valence electrons. The summed E-state index contributed by atoms with van der Waals surface area (Å²) in [6, 6.07) is 8.98. The maximum Gasteiger partial charge on any atom is 0.337 e. The molecule has 0 amide bonds. The Morgan fingerprint density at radius 3 is 2.24 bits per heavy atom. The normalized spacial score (nSPS) is 14.7. The molecule has 0 spiro atoms. The zero-order valence-electron chi connectivity index (χ0n) is 23.8. The van der Waals surface area contributed by atoms with E-state index in [1.807, 2.05) is 12.1 Å². The highest BCUT2D eigenvalue weighted by Crippen LogP contribution is 2.52. The zero-order chi connectivity index (χ0) is 30.6. The van der Waals surface area contributed by atoms with Crippen LogP contribution in [0.25, 0.3) is 27.6 Å². The number of hydrogen-bond donors (Lipinski definition) is 1. The Balaban J connectivity index is 2.33. The van der Waals surface area contributed by atoms with Crippen molar-refractivity contribution in [3.05, 3.63) is 89.2 Å². The Labute approximate surface area is 238 Å². The number of nitrogens with zero attached hydrogens (tertiary/aromatic N) is 2. The summed E-state index contributed by atoms with van der Waals surface area (Å²) < 4.78 is 63.3. The Bertz CT molecular complexity index is 1770. The van der Waals surface area contributed by atoms with Crippen molar-refractivity contribution < 1.29 is 31.8 Å². The molecule has 2 heterocycles. The molecule has 0 bridgehead atoms. The first kappa shape index (κ1) is 30.1. The number of aromatic nitrogens is 1. The summed E-state index contributed by atoms with van der Waals surface area (Å²) in [4.78, 5) is 17.4. The number of ether oxygens (including phenoxy) is 1. The largest absolute Gasteiger partial charge is 0.479 e. The molecule has 0 aliphatic carbocycles. The molecule has 7 nitrogen and oxygen atoms in total. The van der Waals surface area contributed by atoms with E-state index < -0.39 is 45.9 Å². The summed E-state index contributed by atoms with van der Waals surface area (Å²) in [5, 5.41) is 11.2. The van der Waals surface area contributed by atoms with Crippen molar-refractivity contribution >= 4 is 38.2 Å². The second kappa shape index (κ2) is 10.5. The zero-order valence-corrected chi connectivity index (χ0v) is 24.6. The van der Waals surface area contributed by atoms with Gasteiger partial charge in [-0.05, 0) is 57.4 Å². The number of fused-ring (bicyclic) bond motifs is 2. The predicted octanol–water partition coefficient (Wildman–Crippen LogP) is 6.96. The highest BCUT2D eigenvalue weighted by molar-refractivity contribution is 7.92. The summed E-state index contributed by atoms with van der Waals surface area (Å²) in [7, 11) is -4.07. The van der Waals surface area contributed by atoms with Gasteiger partial charge in [0.15, 0.2) is 6.10 Å². The molecule has 10 heteroatoms. The minimum Gasteiger partial charge on any atom is -0.479 e. The van der Waals surface area contributed by atoms with E-state index in [-0.39, 0.29) is 33.5 Å². The number of carbonyl (C=O) groups is 1. The first-order chi connectivity index (χ1) is 19.0. The van der Waals surface area contributed by atoms with Crippen LogP contribution in [0.15, 0.2) is 66.9 Å². The molecule has 1 aromatic heterocycles. The van der Waals surface area contributed by atoms with Crippen molar-refractivity contribution in [2.24, 2.45) is 0 Å². The number of hydrogen-bond acceptors (Lipinski definition) is 5. The van der Waals surface area contributed by atoms with Crippen LogP contribution < -0.4 is 4.31 Å². The van der Waals surface area contributed by atoms with Crippen LogP contribution >= 0.6 is 0 Å². The van der Waals surface area contributed by atoms with Crippen LogP contribution in [0.5, 0.6) is 0 Å². The number of para-hydroxylation sites is 1. The number of pyridine rings is 1. The summed E-state index contributed by atoms with van der Waals surface area (Å²) >= 11 is 0. The first-order valence-electron chi connectivity index (χ1n) is 12.8. The van der Waals surface area contributed by atoms with E-state index in [1.165, 1.54) is 0 Å². The van der Waals surface area contributed by atoms with Crippen molar-refractivity contribution in [3.8, 4) is 11.1 Å². The van der Waals surface area contributed by atoms with Gasteiger partial charge in [0, 0.05) is 39.4 Å². The van der Waals surface area contributed by atoms with Gasteiger partial charge < -0.3 is 9.84 Å². The summed E-state index contributed by atoms with van der Waals surface area (Å²) in [5.74, 6) is -3.29. The van der Waals surface area contributed by atoms with Gasteiger partial charge in [0.2, 0.25) is 10.0 Å². The molecule has 0 unspecified atom stereocenters. The van der Waals surface area contributed by atoms with E-state index in [2.05, 4.69) is 18.1 Å². The van der Waals surface area contributed by atoms with Crippen LogP contribution in [-0.2, 0) is 19.6 Å². The second-order valence-electron chi connectivity index (χ2n) is 11.0. The number of anilines is 1. The third-order valence-electron chi connectivity index (χ3n) is 6.98. The maximum absolute atomic E-state index is 15.2. The molecule has 0 saturated heterocycles. The lowest BCUT2D eigenvalue weighted by atomic mass is 9.79. The minimum atomic E-state index is -4.07. The van der Waals surface area contributed by atoms with Crippen LogP contribution in [0.1, 0.15) is 49.1 Å². The molecule has 0 saturated carbocycles. The highest BCUT2D eigenvalue weighted by atomic mass is 32.2. The molecular formula is C31H32F2N2O5S. The van der Waals surface area contributed by atoms with Gasteiger partial charge in [-0.15, -0.1) is 0 Å². The maximum atomic E-state index is 15.2. The Kier molecular flexibility index (Phi) is 7.70. The molecule has 3 aromatic rings. The van der Waals surface area contributed by atoms with Crippen LogP contribution in [0, 0.1) is 13.8 Å². The Morgan fingerprint density at radius 2 is 1.71 bits per heavy atom. The van der Waals surface area contributed by atoms with Crippen LogP contribution in [0.3, 0.4) is 0 Å². The number of halogens is 2. The average molecular weight is 583 g/mol. The van der Waals surface area contributed by atoms with Gasteiger partial charge >= 0.3 is 5.97 Å². The van der Waals surface area contributed by atoms with Gasteiger partial charge in [0.1, 0.15) is 11.7 Å². The van der Waals surface area contributed by atoms with Crippen molar-refractivity contribution in [1.29, 1.82) is 0 Å². The third kappa shape index (κ3) is 5.41. The Hall–Kier alpha value is -3.89. The molecule has 0 fully saturated rings. The van der Waals surface area contributed by atoms with Crippen molar-refractivity contribution in [2.45, 2.75) is 46.3 Å². The monoisotopic (exact) mass is 582 g/mol. The third-order valence-corrected chi connectivity index (χ3v) is 8.09. The van der Waals surface area contributed by atoms with Crippen LogP contribution in [0.2, 0.25) is 0 Å². The lowest BCUT2D eigenvalue weighted by Crippen LogP contribution is -2.37. The van der Waals surface area contributed by atoms with E-state index in [1.54, 1.807) is 59.0 Å². The van der Waals surface area contributed by atoms with Gasteiger partial charge in [-0.25, -0.2) is 22.0 Å². The number of carboxylic acid groups (broad SMARTS) is 1. The molecule has 4 rings (SSSR count). The molecule has 1 aliphatic rings. The number of rotatable bonds is 7. The smallest absolute Gasteiger partial charge is 0.337 e. The SMILES string of the molecule is C=C(F)C1=C(C(=C)F)c2c(C)c(-c3cccc4cccnc34)c([C@H](OC(C)(C)C)C(=O)O)c(C)c2N(S(C)(=O)=O)C1. The fourth-order valence-corrected chi connectivity index (χ4v) is 6.37. The van der Waals surface area contributed by atoms with E-state index in [0.717, 1.165) is 15.9 Å². The number of benzene rings is 2. The topological polar surface area (TPSA) is 96.8 Å². The van der Waals surface area contributed by atoms with Crippen LogP contribution in [0.4, 0.5) is 14.5 Å². The average Bonchev–Trinajstić information content (AvgIpc) is 2.86. The summed E-state index contributed by atoms with van der Waals surface area (Å²) in [6.45, 7) is 14.5. The van der Waals surface area contributed by atoms with Crippen molar-refractivity contribution in [2.75, 3.05) is 17.1 Å². The van der Waals surface area contributed by atoms with Crippen LogP contribution in [-0.4, -0.2) is 42.9 Å². The first-order valence-corrected chi connectivity index (χ1v) is 14.6. The van der Waals surface area contributed by atoms with Crippen molar-refractivity contribution in [1.82, 2.24) is 4.98 Å². The van der Waals surface area contributed by atoms with Gasteiger partial charge in [-0.3, -0.25) is 9.29 Å². The standard InChI is InChI=1S/C31H32F2N2O5S/c1-16-23(21-13-9-11-20-12-10-14-34-27(20)21)25(29(30(36)37)40-31(5,6)7)17(2)28-24(16)26(19(4)33)22(18(3)32)15-35(28)41(8,38)39/h9-14,29H,3-4,15H2,1-2,5-8H3,(H,36,37)/t29-/m0/s1. The highest BCUT2D eigenvalue weighted by Gasteiger charge is 2.40. The molecule has 1 aliphatic heterocycles. The molecule has 1 N–H and O–H groups in total. The predicted molar refractivity (Wildman–Crippen MR) is 157 cm³/mol. The van der Waals surface area contributed by atoms with Gasteiger partial charge in [-0.2, -0.15) is 0 Å². The van der Waals surface area contributed by atoms with Gasteiger partial charge in [-0.1, -0.05) is 37.4 Å².